The Kier molecular flexibility index (Phi) is 21.8. The molecule has 0 aliphatic heterocycles. The molecule has 0 aliphatic rings. The van der Waals surface area contributed by atoms with Gasteiger partial charge in [0, 0.05) is 55.4 Å². The smallest absolute Gasteiger partial charge is 0.0473 e. The van der Waals surface area contributed by atoms with E-state index in [1.54, 1.807) is 0 Å². The Hall–Kier alpha value is -7.24. The Morgan fingerprint density at radius 2 is 0.575 bits per heavy atom. The Labute approximate surface area is 488 Å². The van der Waals surface area contributed by atoms with Gasteiger partial charge in [0.1, 0.15) is 0 Å². The summed E-state index contributed by atoms with van der Waals surface area (Å²) >= 11 is 3.81. The van der Waals surface area contributed by atoms with E-state index in [4.69, 9.17) is 0 Å². The molecule has 0 saturated carbocycles. The quantitative estimate of drug-likeness (QED) is 0.0356. The van der Waals surface area contributed by atoms with E-state index in [1.165, 1.54) is 140 Å². The molecule has 9 rings (SSSR count). The van der Waals surface area contributed by atoms with E-state index < -0.39 is 0 Å². The molecule has 2 nitrogen and oxygen atoms in total. The fourth-order valence-corrected chi connectivity index (χ4v) is 12.1. The van der Waals surface area contributed by atoms with Gasteiger partial charge < -0.3 is 9.80 Å². The lowest BCUT2D eigenvalue weighted by atomic mass is 10.0. The van der Waals surface area contributed by atoms with Gasteiger partial charge in [-0.25, -0.2) is 0 Å². The molecular weight excluding hydrogens is 1000 g/mol. The minimum Gasteiger partial charge on any atom is -0.310 e. The van der Waals surface area contributed by atoms with Crippen molar-refractivity contribution in [3.05, 3.63) is 274 Å². The van der Waals surface area contributed by atoms with Crippen molar-refractivity contribution in [1.29, 1.82) is 0 Å². The molecule has 0 amide bonds. The molecule has 0 unspecified atom stereocenters. The van der Waals surface area contributed by atoms with Gasteiger partial charge in [0.2, 0.25) is 0 Å². The second kappa shape index (κ2) is 30.4. The molecule has 0 N–H and O–H groups in total. The Bertz CT molecular complexity index is 3000. The van der Waals surface area contributed by atoms with Crippen LogP contribution in [-0.2, 0) is 37.2 Å². The molecule has 0 fully saturated rings. The topological polar surface area (TPSA) is 6.48 Å². The SMILES string of the molecule is CCCCc1ccc(N(c2ccc(CCCC)cc2)c2ccc(C=Cc3ccc(C=Cc4ccc(N(c5ccc(CCCC)cc5)c5ccc(CCCC)cc5)cc4SCc4ccccc4)cc3)c(SCc3ccccc3)c2)cc1. The van der Waals surface area contributed by atoms with Crippen LogP contribution in [-0.4, -0.2) is 0 Å². The van der Waals surface area contributed by atoms with E-state index in [0.717, 1.165) is 48.6 Å². The van der Waals surface area contributed by atoms with E-state index in [9.17, 15) is 0 Å². The zero-order valence-corrected chi connectivity index (χ0v) is 49.3. The van der Waals surface area contributed by atoms with E-state index in [0.29, 0.717) is 0 Å². The van der Waals surface area contributed by atoms with E-state index in [-0.39, 0.29) is 0 Å². The van der Waals surface area contributed by atoms with Crippen LogP contribution >= 0.6 is 23.5 Å². The van der Waals surface area contributed by atoms with Gasteiger partial charge in [-0.1, -0.05) is 223 Å². The summed E-state index contributed by atoms with van der Waals surface area (Å²) < 4.78 is 0. The fraction of sp³-hybridized carbons (Fsp3) is 0.237. The highest BCUT2D eigenvalue weighted by atomic mass is 32.2. The number of rotatable bonds is 28. The van der Waals surface area contributed by atoms with Crippen molar-refractivity contribution in [2.45, 2.75) is 126 Å². The van der Waals surface area contributed by atoms with Crippen molar-refractivity contribution in [2.75, 3.05) is 9.80 Å². The fourth-order valence-electron chi connectivity index (χ4n) is 10.1. The van der Waals surface area contributed by atoms with Crippen molar-refractivity contribution in [1.82, 2.24) is 0 Å². The van der Waals surface area contributed by atoms with Crippen molar-refractivity contribution >= 4 is 82.0 Å². The average Bonchev–Trinajstić information content (AvgIpc) is 3.56. The van der Waals surface area contributed by atoms with Crippen molar-refractivity contribution in [2.24, 2.45) is 0 Å². The van der Waals surface area contributed by atoms with Gasteiger partial charge in [-0.2, -0.15) is 0 Å². The lowest BCUT2D eigenvalue weighted by Crippen LogP contribution is -2.10. The van der Waals surface area contributed by atoms with Crippen LogP contribution in [0.15, 0.2) is 228 Å². The number of thioether (sulfide) groups is 2. The van der Waals surface area contributed by atoms with E-state index >= 15 is 0 Å². The van der Waals surface area contributed by atoms with Crippen molar-refractivity contribution in [3.8, 4) is 0 Å². The number of benzene rings is 9. The summed E-state index contributed by atoms with van der Waals surface area (Å²) in [4.78, 5) is 7.36. The third kappa shape index (κ3) is 16.4. The molecule has 0 aromatic heterocycles. The van der Waals surface area contributed by atoms with E-state index in [1.807, 2.05) is 23.5 Å². The van der Waals surface area contributed by atoms with E-state index in [2.05, 4.69) is 280 Å². The average molecular weight is 1090 g/mol. The molecule has 0 atom stereocenters. The molecule has 4 heteroatoms. The monoisotopic (exact) mass is 1080 g/mol. The van der Waals surface area contributed by atoms with Crippen LogP contribution in [0.5, 0.6) is 0 Å². The lowest BCUT2D eigenvalue weighted by Gasteiger charge is -2.27. The first-order valence-corrected chi connectivity index (χ1v) is 31.5. The summed E-state index contributed by atoms with van der Waals surface area (Å²) in [6.07, 6.45) is 23.2. The first-order chi connectivity index (χ1) is 39.5. The number of aryl methyl sites for hydroxylation is 4. The second-order valence-electron chi connectivity index (χ2n) is 21.1. The van der Waals surface area contributed by atoms with Crippen LogP contribution in [0.4, 0.5) is 34.1 Å². The molecule has 0 spiro atoms. The van der Waals surface area contributed by atoms with Crippen LogP contribution in [0, 0.1) is 0 Å². The third-order valence-corrected chi connectivity index (χ3v) is 17.2. The zero-order valence-electron chi connectivity index (χ0n) is 47.7. The minimum absolute atomic E-state index is 0.887. The first kappa shape index (κ1) is 57.4. The van der Waals surface area contributed by atoms with Crippen molar-refractivity contribution < 1.29 is 0 Å². The molecular formula is C76H80N2S2. The van der Waals surface area contributed by atoms with Gasteiger partial charge >= 0.3 is 0 Å². The molecule has 0 aliphatic carbocycles. The standard InChI is InChI=1S/C76H80N2S2/c1-5-9-19-59-33-45-69(46-34-59)77(70-47-35-60(36-48-70)20-10-6-2)73-53-43-67(75(55-73)79-57-65-23-15-13-16-24-65)41-31-63-27-29-64(30-28-63)32-42-68-44-54-74(56-76(68)80-58-66-25-17-14-18-26-66)78(71-49-37-61(38-50-71)21-11-7-3)72-51-39-62(40-52-72)22-12-8-4/h13-18,23-56H,5-12,19-22,57-58H2,1-4H3. The number of anilines is 6. The second-order valence-corrected chi connectivity index (χ2v) is 23.1. The number of unbranched alkanes of at least 4 members (excludes halogenated alkanes) is 4. The molecule has 0 bridgehead atoms. The number of hydrogen-bond acceptors (Lipinski definition) is 4. The highest BCUT2D eigenvalue weighted by molar-refractivity contribution is 7.98. The van der Waals surface area contributed by atoms with Gasteiger partial charge in [0.05, 0.1) is 0 Å². The van der Waals surface area contributed by atoms with Gasteiger partial charge in [-0.3, -0.25) is 0 Å². The summed E-state index contributed by atoms with van der Waals surface area (Å²) in [5, 5.41) is 0. The number of hydrogen-bond donors (Lipinski definition) is 0. The molecule has 0 saturated heterocycles. The van der Waals surface area contributed by atoms with Gasteiger partial charge in [0.15, 0.2) is 0 Å². The van der Waals surface area contributed by atoms with Crippen LogP contribution in [0.2, 0.25) is 0 Å². The lowest BCUT2D eigenvalue weighted by molar-refractivity contribution is 0.795. The van der Waals surface area contributed by atoms with Gasteiger partial charge in [-0.05, 0) is 180 Å². The van der Waals surface area contributed by atoms with Gasteiger partial charge in [0.25, 0.3) is 0 Å². The third-order valence-electron chi connectivity index (χ3n) is 14.9. The first-order valence-electron chi connectivity index (χ1n) is 29.5. The van der Waals surface area contributed by atoms with Crippen LogP contribution in [0.3, 0.4) is 0 Å². The predicted molar refractivity (Wildman–Crippen MR) is 353 cm³/mol. The summed E-state index contributed by atoms with van der Waals surface area (Å²) in [6, 6.07) is 81.6. The molecule has 9 aromatic carbocycles. The number of nitrogens with zero attached hydrogens (tertiary/aromatic N) is 2. The summed E-state index contributed by atoms with van der Waals surface area (Å²) in [5.41, 5.74) is 20.0. The highest BCUT2D eigenvalue weighted by Crippen LogP contribution is 2.41. The zero-order chi connectivity index (χ0) is 55.1. The maximum absolute atomic E-state index is 2.43. The molecule has 80 heavy (non-hydrogen) atoms. The maximum Gasteiger partial charge on any atom is 0.0473 e. The summed E-state index contributed by atoms with van der Waals surface area (Å²) in [6.45, 7) is 9.06. The minimum atomic E-state index is 0.887. The highest BCUT2D eigenvalue weighted by Gasteiger charge is 2.18. The molecule has 0 heterocycles. The Morgan fingerprint density at radius 1 is 0.287 bits per heavy atom. The predicted octanol–water partition coefficient (Wildman–Crippen LogP) is 22.9. The Morgan fingerprint density at radius 3 is 0.863 bits per heavy atom. The van der Waals surface area contributed by atoms with Crippen LogP contribution in [0.25, 0.3) is 24.3 Å². The molecule has 0 radical (unpaired) electrons. The largest absolute Gasteiger partial charge is 0.310 e. The van der Waals surface area contributed by atoms with Crippen LogP contribution < -0.4 is 9.80 Å². The van der Waals surface area contributed by atoms with Gasteiger partial charge in [-0.15, -0.1) is 23.5 Å². The normalized spacial score (nSPS) is 11.4. The Balaban J connectivity index is 0.991. The summed E-state index contributed by atoms with van der Waals surface area (Å²) in [5.74, 6) is 1.77. The molecule has 9 aromatic rings. The molecule has 406 valence electrons. The van der Waals surface area contributed by atoms with Crippen LogP contribution in [0.1, 0.15) is 135 Å². The maximum atomic E-state index is 2.43. The summed E-state index contributed by atoms with van der Waals surface area (Å²) in [7, 11) is 0. The van der Waals surface area contributed by atoms with Crippen molar-refractivity contribution in [3.63, 3.8) is 0 Å².